The fourth-order valence-electron chi connectivity index (χ4n) is 3.36. The van der Waals surface area contributed by atoms with E-state index in [4.69, 9.17) is 5.11 Å². The predicted octanol–water partition coefficient (Wildman–Crippen LogP) is 2.94. The number of carboxylic acid groups (broad SMARTS) is 1. The van der Waals surface area contributed by atoms with Crippen molar-refractivity contribution in [3.05, 3.63) is 64.6 Å². The van der Waals surface area contributed by atoms with Crippen LogP contribution in [0, 0.1) is 0 Å². The van der Waals surface area contributed by atoms with Gasteiger partial charge >= 0.3 is 5.97 Å². The number of para-hydroxylation sites is 2. The van der Waals surface area contributed by atoms with Crippen LogP contribution in [0.3, 0.4) is 0 Å². The Labute approximate surface area is 171 Å². The van der Waals surface area contributed by atoms with Crippen molar-refractivity contribution in [1.82, 2.24) is 5.32 Å². The van der Waals surface area contributed by atoms with Crippen LogP contribution in [0.4, 0.5) is 11.4 Å². The molecule has 29 heavy (non-hydrogen) atoms. The molecule has 4 rings (SSSR count). The summed E-state index contributed by atoms with van der Waals surface area (Å²) in [5.74, 6) is -2.04. The van der Waals surface area contributed by atoms with Crippen LogP contribution in [0.15, 0.2) is 58.4 Å². The van der Waals surface area contributed by atoms with E-state index < -0.39 is 24.3 Å². The molecular weight excluding hydrogens is 390 g/mol. The lowest BCUT2D eigenvalue weighted by atomic mass is 10.1. The highest BCUT2D eigenvalue weighted by molar-refractivity contribution is 8.18. The first-order valence-electron chi connectivity index (χ1n) is 9.02. The third-order valence-corrected chi connectivity index (χ3v) is 5.64. The number of nitrogens with zero attached hydrogens (tertiary/aromatic N) is 2. The normalized spacial score (nSPS) is 19.6. The highest BCUT2D eigenvalue weighted by atomic mass is 32.2. The van der Waals surface area contributed by atoms with Crippen LogP contribution in [0.5, 0.6) is 0 Å². The van der Waals surface area contributed by atoms with Gasteiger partial charge < -0.3 is 10.4 Å². The summed E-state index contributed by atoms with van der Waals surface area (Å²) in [6, 6.07) is 14.5. The van der Waals surface area contributed by atoms with E-state index in [1.54, 1.807) is 24.3 Å². The first-order valence-corrected chi connectivity index (χ1v) is 9.84. The molecule has 0 atom stereocenters. The Morgan fingerprint density at radius 1 is 1.14 bits per heavy atom. The van der Waals surface area contributed by atoms with Crippen molar-refractivity contribution in [3.63, 3.8) is 0 Å². The van der Waals surface area contributed by atoms with Crippen molar-refractivity contribution < 1.29 is 19.5 Å². The van der Waals surface area contributed by atoms with E-state index in [9.17, 15) is 14.4 Å². The molecule has 2 heterocycles. The van der Waals surface area contributed by atoms with E-state index in [2.05, 4.69) is 10.3 Å². The molecule has 7 nitrogen and oxygen atoms in total. The van der Waals surface area contributed by atoms with Crippen LogP contribution in [0.2, 0.25) is 0 Å². The molecule has 2 aromatic rings. The molecule has 1 saturated heterocycles. The summed E-state index contributed by atoms with van der Waals surface area (Å²) in [4.78, 5) is 42.8. The van der Waals surface area contributed by atoms with Crippen LogP contribution in [-0.4, -0.2) is 34.6 Å². The second-order valence-electron chi connectivity index (χ2n) is 6.46. The number of aliphatic imine (C=N–C) groups is 1. The largest absolute Gasteiger partial charge is 0.480 e. The molecule has 2 aliphatic heterocycles. The maximum absolute atomic E-state index is 13.0. The van der Waals surface area contributed by atoms with Crippen molar-refractivity contribution in [2.24, 2.45) is 4.99 Å². The lowest BCUT2D eigenvalue weighted by molar-refractivity contribution is -0.136. The number of hydrogen-bond acceptors (Lipinski definition) is 5. The third kappa shape index (κ3) is 3.42. The van der Waals surface area contributed by atoms with Gasteiger partial charge in [-0.1, -0.05) is 43.3 Å². The molecule has 1 fully saturated rings. The SMILES string of the molecule is CCc1ccccc1N=C1NC(=O)/C(=C2/C(=O)N(CC(=O)O)c3ccccc32)S1. The van der Waals surface area contributed by atoms with Crippen LogP contribution in [0.25, 0.3) is 5.57 Å². The molecule has 0 saturated carbocycles. The summed E-state index contributed by atoms with van der Waals surface area (Å²) in [6.07, 6.45) is 0.801. The van der Waals surface area contributed by atoms with Gasteiger partial charge in [-0.3, -0.25) is 19.3 Å². The fraction of sp³-hybridized carbons (Fsp3) is 0.143. The number of hydrogen-bond donors (Lipinski definition) is 2. The standard InChI is InChI=1S/C21H17N3O4S/c1-2-12-7-3-5-9-14(12)22-21-23-19(27)18(29-21)17-13-8-4-6-10-15(13)24(20(17)28)11-16(25)26/h3-10H,2,11H2,1H3,(H,25,26)(H,22,23,27)/b18-17-. The number of carboxylic acids is 1. The van der Waals surface area contributed by atoms with Crippen molar-refractivity contribution in [3.8, 4) is 0 Å². The molecule has 2 amide bonds. The second kappa shape index (κ2) is 7.56. The van der Waals surface area contributed by atoms with E-state index in [0.29, 0.717) is 16.4 Å². The molecule has 0 unspecified atom stereocenters. The summed E-state index contributed by atoms with van der Waals surface area (Å²) in [7, 11) is 0. The van der Waals surface area contributed by atoms with Gasteiger partial charge in [-0.15, -0.1) is 0 Å². The van der Waals surface area contributed by atoms with Gasteiger partial charge in [-0.2, -0.15) is 0 Å². The zero-order valence-electron chi connectivity index (χ0n) is 15.5. The number of aliphatic carboxylic acids is 1. The number of amidine groups is 1. The van der Waals surface area contributed by atoms with Crippen LogP contribution in [0.1, 0.15) is 18.1 Å². The number of thioether (sulfide) groups is 1. The fourth-order valence-corrected chi connectivity index (χ4v) is 4.28. The zero-order valence-corrected chi connectivity index (χ0v) is 16.3. The van der Waals surface area contributed by atoms with Gasteiger partial charge in [0.1, 0.15) is 6.54 Å². The van der Waals surface area contributed by atoms with Crippen molar-refractivity contribution in [2.45, 2.75) is 13.3 Å². The smallest absolute Gasteiger partial charge is 0.323 e. The maximum atomic E-state index is 13.0. The Morgan fingerprint density at radius 2 is 1.86 bits per heavy atom. The van der Waals surface area contributed by atoms with E-state index in [1.807, 2.05) is 31.2 Å². The van der Waals surface area contributed by atoms with Crippen molar-refractivity contribution in [1.29, 1.82) is 0 Å². The minimum Gasteiger partial charge on any atom is -0.480 e. The Bertz CT molecular complexity index is 1110. The Balaban J connectivity index is 1.76. The van der Waals surface area contributed by atoms with E-state index in [-0.39, 0.29) is 10.5 Å². The second-order valence-corrected chi connectivity index (χ2v) is 7.46. The van der Waals surface area contributed by atoms with E-state index in [1.165, 1.54) is 4.90 Å². The van der Waals surface area contributed by atoms with Crippen molar-refractivity contribution in [2.75, 3.05) is 11.4 Å². The van der Waals surface area contributed by atoms with Gasteiger partial charge in [0.25, 0.3) is 11.8 Å². The molecule has 0 aliphatic carbocycles. The molecule has 2 aromatic carbocycles. The average Bonchev–Trinajstić information content (AvgIpc) is 3.19. The van der Waals surface area contributed by atoms with Gasteiger partial charge in [0.2, 0.25) is 0 Å². The molecule has 0 radical (unpaired) electrons. The summed E-state index contributed by atoms with van der Waals surface area (Å²) < 4.78 is 0. The van der Waals surface area contributed by atoms with Gasteiger partial charge in [0.15, 0.2) is 5.17 Å². The number of anilines is 1. The summed E-state index contributed by atoms with van der Waals surface area (Å²) in [5, 5.41) is 12.3. The molecule has 0 aromatic heterocycles. The van der Waals surface area contributed by atoms with E-state index >= 15 is 0 Å². The zero-order chi connectivity index (χ0) is 20.5. The molecule has 0 spiro atoms. The number of amides is 2. The van der Waals surface area contributed by atoms with Gasteiger partial charge in [-0.05, 0) is 35.9 Å². The number of carbonyl (C=O) groups excluding carboxylic acids is 2. The Morgan fingerprint density at radius 3 is 2.62 bits per heavy atom. The van der Waals surface area contributed by atoms with Gasteiger partial charge in [-0.25, -0.2) is 4.99 Å². The molecule has 2 aliphatic rings. The monoisotopic (exact) mass is 407 g/mol. The quantitative estimate of drug-likeness (QED) is 0.760. The first kappa shape index (κ1) is 18.9. The first-order chi connectivity index (χ1) is 14.0. The molecular formula is C21H17N3O4S. The Hall–Kier alpha value is -3.39. The summed E-state index contributed by atoms with van der Waals surface area (Å²) in [6.45, 7) is 1.56. The Kier molecular flexibility index (Phi) is 4.94. The number of fused-ring (bicyclic) bond motifs is 1. The maximum Gasteiger partial charge on any atom is 0.323 e. The number of benzene rings is 2. The van der Waals surface area contributed by atoms with Crippen LogP contribution < -0.4 is 10.2 Å². The number of rotatable bonds is 4. The lowest BCUT2D eigenvalue weighted by Gasteiger charge is -2.13. The van der Waals surface area contributed by atoms with Crippen LogP contribution in [-0.2, 0) is 20.8 Å². The third-order valence-electron chi connectivity index (χ3n) is 4.66. The average molecular weight is 407 g/mol. The molecule has 2 N–H and O–H groups in total. The van der Waals surface area contributed by atoms with E-state index in [0.717, 1.165) is 29.4 Å². The summed E-state index contributed by atoms with van der Waals surface area (Å²) in [5.41, 5.74) is 3.04. The number of aryl methyl sites for hydroxylation is 1. The van der Waals surface area contributed by atoms with Gasteiger partial charge in [0, 0.05) is 5.56 Å². The molecule has 8 heteroatoms. The highest BCUT2D eigenvalue weighted by Gasteiger charge is 2.39. The van der Waals surface area contributed by atoms with Gasteiger partial charge in [0.05, 0.1) is 21.9 Å². The minimum atomic E-state index is -1.12. The predicted molar refractivity (Wildman–Crippen MR) is 112 cm³/mol. The van der Waals surface area contributed by atoms with Crippen LogP contribution >= 0.6 is 11.8 Å². The highest BCUT2D eigenvalue weighted by Crippen LogP contribution is 2.42. The number of nitrogens with one attached hydrogen (secondary N) is 1. The molecule has 0 bridgehead atoms. The molecule has 146 valence electrons. The minimum absolute atomic E-state index is 0.207. The topological polar surface area (TPSA) is 99.1 Å². The number of carbonyl (C=O) groups is 3. The summed E-state index contributed by atoms with van der Waals surface area (Å²) >= 11 is 1.09. The lowest BCUT2D eigenvalue weighted by Crippen LogP contribution is -2.32. The van der Waals surface area contributed by atoms with Crippen molar-refractivity contribution >= 4 is 51.7 Å².